The molecule has 0 saturated carbocycles. The van der Waals surface area contributed by atoms with Gasteiger partial charge in [-0.15, -0.1) is 0 Å². The lowest BCUT2D eigenvalue weighted by Crippen LogP contribution is -2.06. The summed E-state index contributed by atoms with van der Waals surface area (Å²) in [6.45, 7) is 3.21. The second-order valence-electron chi connectivity index (χ2n) is 3.57. The van der Waals surface area contributed by atoms with E-state index in [1.54, 1.807) is 18.5 Å². The molecule has 0 spiro atoms. The van der Waals surface area contributed by atoms with Crippen molar-refractivity contribution in [2.75, 3.05) is 13.2 Å². The topological polar surface area (TPSA) is 65.2 Å². The van der Waals surface area contributed by atoms with Gasteiger partial charge in [-0.1, -0.05) is 6.92 Å². The molecule has 0 fully saturated rings. The van der Waals surface area contributed by atoms with Crippen LogP contribution >= 0.6 is 0 Å². The second-order valence-corrected chi connectivity index (χ2v) is 3.57. The molecule has 2 N–H and O–H groups in total. The molecule has 4 heteroatoms. The summed E-state index contributed by atoms with van der Waals surface area (Å²) in [6.07, 6.45) is 5.30. The summed E-state index contributed by atoms with van der Waals surface area (Å²) in [5.41, 5.74) is 5.96. The third-order valence-corrected chi connectivity index (χ3v) is 2.12. The van der Waals surface area contributed by atoms with Gasteiger partial charge >= 0.3 is 0 Å². The van der Waals surface area contributed by atoms with Crippen molar-refractivity contribution in [1.82, 2.24) is 4.98 Å². The number of nitrogens with zero attached hydrogens (tertiary/aromatic N) is 1. The van der Waals surface area contributed by atoms with E-state index in [1.807, 2.05) is 6.92 Å². The molecule has 0 bridgehead atoms. The van der Waals surface area contributed by atoms with Gasteiger partial charge in [-0.3, -0.25) is 9.78 Å². The Hall–Kier alpha value is -1.42. The zero-order valence-electron chi connectivity index (χ0n) is 9.61. The number of ether oxygens (including phenoxy) is 1. The lowest BCUT2D eigenvalue weighted by molar-refractivity contribution is 0.0980. The summed E-state index contributed by atoms with van der Waals surface area (Å²) in [5.74, 6) is 0.723. The minimum absolute atomic E-state index is 0.0694. The summed E-state index contributed by atoms with van der Waals surface area (Å²) in [5, 5.41) is 0. The van der Waals surface area contributed by atoms with Crippen molar-refractivity contribution in [2.45, 2.75) is 26.2 Å². The fraction of sp³-hybridized carbons (Fsp3) is 0.500. The Kier molecular flexibility index (Phi) is 5.50. The highest BCUT2D eigenvalue weighted by Crippen LogP contribution is 2.13. The van der Waals surface area contributed by atoms with Crippen LogP contribution in [0.5, 0.6) is 5.75 Å². The summed E-state index contributed by atoms with van der Waals surface area (Å²) >= 11 is 0. The molecule has 0 aliphatic heterocycles. The predicted octanol–water partition coefficient (Wildman–Crippen LogP) is 1.79. The normalized spacial score (nSPS) is 10.1. The maximum absolute atomic E-state index is 11.7. The molecule has 1 heterocycles. The van der Waals surface area contributed by atoms with Gasteiger partial charge in [0.05, 0.1) is 12.8 Å². The monoisotopic (exact) mass is 222 g/mol. The van der Waals surface area contributed by atoms with Crippen LogP contribution in [0, 0.1) is 0 Å². The fourth-order valence-corrected chi connectivity index (χ4v) is 1.28. The minimum Gasteiger partial charge on any atom is -0.492 e. The molecule has 88 valence electrons. The van der Waals surface area contributed by atoms with E-state index in [1.165, 1.54) is 0 Å². The fourth-order valence-electron chi connectivity index (χ4n) is 1.28. The number of Topliss-reactive ketones (excluding diaryl/α,β-unsaturated/α-hetero) is 1. The predicted molar refractivity (Wildman–Crippen MR) is 62.6 cm³/mol. The third-order valence-electron chi connectivity index (χ3n) is 2.12. The van der Waals surface area contributed by atoms with Crippen LogP contribution in [0.3, 0.4) is 0 Å². The Morgan fingerprint density at radius 3 is 3.00 bits per heavy atom. The molecule has 0 atom stereocenters. The van der Waals surface area contributed by atoms with Crippen LogP contribution in [0.1, 0.15) is 36.5 Å². The first kappa shape index (κ1) is 12.6. The lowest BCUT2D eigenvalue weighted by Gasteiger charge is -2.05. The molecule has 0 aromatic carbocycles. The molecular formula is C12H18N2O2. The van der Waals surface area contributed by atoms with Gasteiger partial charge in [-0.25, -0.2) is 0 Å². The van der Waals surface area contributed by atoms with Crippen LogP contribution in [0.4, 0.5) is 0 Å². The Labute approximate surface area is 95.8 Å². The summed E-state index contributed by atoms with van der Waals surface area (Å²) in [6, 6.07) is 1.74. The average Bonchev–Trinajstić information content (AvgIpc) is 2.33. The van der Waals surface area contributed by atoms with E-state index in [-0.39, 0.29) is 5.78 Å². The number of pyridine rings is 1. The van der Waals surface area contributed by atoms with E-state index >= 15 is 0 Å². The van der Waals surface area contributed by atoms with Crippen molar-refractivity contribution < 1.29 is 9.53 Å². The van der Waals surface area contributed by atoms with Gasteiger partial charge in [-0.05, 0) is 25.5 Å². The van der Waals surface area contributed by atoms with Crippen molar-refractivity contribution in [3.8, 4) is 5.75 Å². The van der Waals surface area contributed by atoms with Gasteiger partial charge in [0.15, 0.2) is 5.78 Å². The van der Waals surface area contributed by atoms with Gasteiger partial charge in [0.2, 0.25) is 0 Å². The molecule has 1 aromatic rings. The molecule has 0 aliphatic rings. The number of aromatic nitrogens is 1. The first-order valence-electron chi connectivity index (χ1n) is 5.59. The summed E-state index contributed by atoms with van der Waals surface area (Å²) in [7, 11) is 0. The molecule has 4 nitrogen and oxygen atoms in total. The van der Waals surface area contributed by atoms with Crippen LogP contribution in [0.25, 0.3) is 0 Å². The number of rotatable bonds is 7. The van der Waals surface area contributed by atoms with Gasteiger partial charge in [0, 0.05) is 18.2 Å². The van der Waals surface area contributed by atoms with E-state index in [0.29, 0.717) is 37.3 Å². The maximum Gasteiger partial charge on any atom is 0.164 e. The van der Waals surface area contributed by atoms with Crippen LogP contribution in [-0.4, -0.2) is 23.9 Å². The first-order chi connectivity index (χ1) is 7.77. The molecule has 0 amide bonds. The van der Waals surface area contributed by atoms with Crippen molar-refractivity contribution in [2.24, 2.45) is 5.73 Å². The van der Waals surface area contributed by atoms with Crippen LogP contribution < -0.4 is 10.5 Å². The molecule has 1 aromatic heterocycles. The first-order valence-corrected chi connectivity index (χ1v) is 5.59. The van der Waals surface area contributed by atoms with E-state index in [4.69, 9.17) is 10.5 Å². The SMILES string of the molecule is CCCOc1cncc(C(=O)CCCN)c1. The third kappa shape index (κ3) is 3.98. The van der Waals surface area contributed by atoms with Crippen LogP contribution in [-0.2, 0) is 0 Å². The second kappa shape index (κ2) is 6.95. The number of nitrogens with two attached hydrogens (primary N) is 1. The number of hydrogen-bond acceptors (Lipinski definition) is 4. The van der Waals surface area contributed by atoms with Crippen molar-refractivity contribution in [3.05, 3.63) is 24.0 Å². The number of carbonyl (C=O) groups is 1. The number of hydrogen-bond donors (Lipinski definition) is 1. The highest BCUT2D eigenvalue weighted by Gasteiger charge is 2.06. The van der Waals surface area contributed by atoms with Crippen molar-refractivity contribution in [1.29, 1.82) is 0 Å². The quantitative estimate of drug-likeness (QED) is 0.714. The van der Waals surface area contributed by atoms with Gasteiger partial charge in [0.1, 0.15) is 5.75 Å². The Balaban J connectivity index is 2.62. The minimum atomic E-state index is 0.0694. The molecule has 0 unspecified atom stereocenters. The highest BCUT2D eigenvalue weighted by molar-refractivity contribution is 5.96. The molecule has 16 heavy (non-hydrogen) atoms. The Morgan fingerprint density at radius 2 is 2.31 bits per heavy atom. The number of carbonyl (C=O) groups excluding carboxylic acids is 1. The smallest absolute Gasteiger partial charge is 0.164 e. The van der Waals surface area contributed by atoms with Crippen molar-refractivity contribution in [3.63, 3.8) is 0 Å². The van der Waals surface area contributed by atoms with E-state index < -0.39 is 0 Å². The van der Waals surface area contributed by atoms with Gasteiger partial charge in [0.25, 0.3) is 0 Å². The lowest BCUT2D eigenvalue weighted by atomic mass is 10.1. The molecule has 0 aliphatic carbocycles. The van der Waals surface area contributed by atoms with E-state index in [9.17, 15) is 4.79 Å². The average molecular weight is 222 g/mol. The zero-order chi connectivity index (χ0) is 11.8. The maximum atomic E-state index is 11.7. The van der Waals surface area contributed by atoms with Crippen LogP contribution in [0.2, 0.25) is 0 Å². The molecule has 0 saturated heterocycles. The Morgan fingerprint density at radius 1 is 1.50 bits per heavy atom. The highest BCUT2D eigenvalue weighted by atomic mass is 16.5. The van der Waals surface area contributed by atoms with Crippen molar-refractivity contribution >= 4 is 5.78 Å². The standard InChI is InChI=1S/C12H18N2O2/c1-2-6-16-11-7-10(8-14-9-11)12(15)4-3-5-13/h7-9H,2-6,13H2,1H3. The zero-order valence-corrected chi connectivity index (χ0v) is 9.61. The molecule has 1 rings (SSSR count). The van der Waals surface area contributed by atoms with E-state index in [2.05, 4.69) is 4.98 Å². The van der Waals surface area contributed by atoms with Gasteiger partial charge in [-0.2, -0.15) is 0 Å². The van der Waals surface area contributed by atoms with Crippen LogP contribution in [0.15, 0.2) is 18.5 Å². The number of ketones is 1. The van der Waals surface area contributed by atoms with Gasteiger partial charge < -0.3 is 10.5 Å². The van der Waals surface area contributed by atoms with E-state index in [0.717, 1.165) is 6.42 Å². The largest absolute Gasteiger partial charge is 0.492 e. The molecular weight excluding hydrogens is 204 g/mol. The summed E-state index contributed by atoms with van der Waals surface area (Å²) < 4.78 is 5.41. The Bertz CT molecular complexity index is 340. The molecule has 0 radical (unpaired) electrons. The summed E-state index contributed by atoms with van der Waals surface area (Å²) in [4.78, 5) is 15.7.